The van der Waals surface area contributed by atoms with Gasteiger partial charge in [0.25, 0.3) is 0 Å². The van der Waals surface area contributed by atoms with E-state index in [0.717, 1.165) is 6.26 Å². The standard InChI is InChI=1S/C13H17FN4O2S/c1-8-7-9(14)5-6-10(8)18-12(15)11(21(4,19)20)13(16-18)17(2)3/h5-7H,15H2,1-4H3. The third-order valence-corrected chi connectivity index (χ3v) is 4.17. The summed E-state index contributed by atoms with van der Waals surface area (Å²) in [5.74, 6) is -0.118. The van der Waals surface area contributed by atoms with Gasteiger partial charge in [0, 0.05) is 20.4 Å². The van der Waals surface area contributed by atoms with Crippen LogP contribution in [0.2, 0.25) is 0 Å². The molecule has 0 bridgehead atoms. The van der Waals surface area contributed by atoms with Crippen molar-refractivity contribution >= 4 is 21.5 Å². The number of halogens is 1. The first-order chi connectivity index (χ1) is 9.62. The van der Waals surface area contributed by atoms with Crippen LogP contribution in [0.1, 0.15) is 5.56 Å². The molecule has 114 valence electrons. The fourth-order valence-corrected chi connectivity index (χ4v) is 3.11. The molecule has 0 unspecified atom stereocenters. The highest BCUT2D eigenvalue weighted by Crippen LogP contribution is 2.31. The summed E-state index contributed by atoms with van der Waals surface area (Å²) in [5.41, 5.74) is 7.11. The molecule has 1 heterocycles. The van der Waals surface area contributed by atoms with Crippen molar-refractivity contribution < 1.29 is 12.8 Å². The Morgan fingerprint density at radius 2 is 1.95 bits per heavy atom. The number of rotatable bonds is 3. The molecule has 0 radical (unpaired) electrons. The Kier molecular flexibility index (Phi) is 3.66. The second-order valence-electron chi connectivity index (χ2n) is 5.05. The van der Waals surface area contributed by atoms with Gasteiger partial charge in [-0.2, -0.15) is 0 Å². The first-order valence-corrected chi connectivity index (χ1v) is 8.04. The Morgan fingerprint density at radius 3 is 2.38 bits per heavy atom. The lowest BCUT2D eigenvalue weighted by Crippen LogP contribution is -2.13. The Labute approximate surface area is 122 Å². The third kappa shape index (κ3) is 2.71. The quantitative estimate of drug-likeness (QED) is 0.926. The summed E-state index contributed by atoms with van der Waals surface area (Å²) in [7, 11) is -0.184. The summed E-state index contributed by atoms with van der Waals surface area (Å²) in [6.45, 7) is 1.70. The van der Waals surface area contributed by atoms with Crippen molar-refractivity contribution in [2.24, 2.45) is 0 Å². The average Bonchev–Trinajstić information content (AvgIpc) is 2.67. The van der Waals surface area contributed by atoms with Gasteiger partial charge in [-0.15, -0.1) is 5.10 Å². The van der Waals surface area contributed by atoms with Crippen molar-refractivity contribution in [3.63, 3.8) is 0 Å². The van der Waals surface area contributed by atoms with E-state index in [1.807, 2.05) is 0 Å². The predicted molar refractivity (Wildman–Crippen MR) is 80.1 cm³/mol. The second-order valence-corrected chi connectivity index (χ2v) is 7.00. The van der Waals surface area contributed by atoms with Gasteiger partial charge in [-0.25, -0.2) is 17.5 Å². The normalized spacial score (nSPS) is 11.7. The fourth-order valence-electron chi connectivity index (χ4n) is 2.09. The van der Waals surface area contributed by atoms with Crippen molar-refractivity contribution in [1.82, 2.24) is 9.78 Å². The van der Waals surface area contributed by atoms with Gasteiger partial charge < -0.3 is 10.6 Å². The van der Waals surface area contributed by atoms with Gasteiger partial charge in [-0.3, -0.25) is 0 Å². The van der Waals surface area contributed by atoms with E-state index in [-0.39, 0.29) is 22.3 Å². The maximum Gasteiger partial charge on any atom is 0.182 e. The summed E-state index contributed by atoms with van der Waals surface area (Å²) in [6, 6.07) is 4.13. The maximum atomic E-state index is 13.2. The van der Waals surface area contributed by atoms with Gasteiger partial charge in [0.15, 0.2) is 20.6 Å². The van der Waals surface area contributed by atoms with Crippen molar-refractivity contribution in [2.75, 3.05) is 31.0 Å². The molecule has 1 aromatic carbocycles. The Balaban J connectivity index is 2.78. The van der Waals surface area contributed by atoms with E-state index >= 15 is 0 Å². The number of anilines is 2. The van der Waals surface area contributed by atoms with Crippen molar-refractivity contribution in [1.29, 1.82) is 0 Å². The monoisotopic (exact) mass is 312 g/mol. The number of nitrogens with zero attached hydrogens (tertiary/aromatic N) is 3. The van der Waals surface area contributed by atoms with E-state index in [4.69, 9.17) is 5.73 Å². The van der Waals surface area contributed by atoms with Gasteiger partial charge in [0.05, 0.1) is 5.69 Å². The molecular formula is C13H17FN4O2S. The van der Waals surface area contributed by atoms with E-state index < -0.39 is 9.84 Å². The Bertz CT molecular complexity index is 797. The number of sulfone groups is 1. The number of aryl methyl sites for hydroxylation is 1. The number of nitrogen functional groups attached to an aromatic ring is 1. The van der Waals surface area contributed by atoms with Crippen LogP contribution in [0.15, 0.2) is 23.1 Å². The molecule has 0 fully saturated rings. The van der Waals surface area contributed by atoms with Crippen LogP contribution in [0.4, 0.5) is 16.0 Å². The molecule has 0 amide bonds. The van der Waals surface area contributed by atoms with E-state index in [1.165, 1.54) is 22.9 Å². The SMILES string of the molecule is Cc1cc(F)ccc1-n1nc(N(C)C)c(S(C)(=O)=O)c1N. The van der Waals surface area contributed by atoms with Crippen LogP contribution >= 0.6 is 0 Å². The maximum absolute atomic E-state index is 13.2. The molecule has 21 heavy (non-hydrogen) atoms. The molecular weight excluding hydrogens is 295 g/mol. The van der Waals surface area contributed by atoms with Crippen LogP contribution in [-0.4, -0.2) is 38.5 Å². The van der Waals surface area contributed by atoms with Gasteiger partial charge >= 0.3 is 0 Å². The molecule has 0 aliphatic heterocycles. The Morgan fingerprint density at radius 1 is 1.33 bits per heavy atom. The first-order valence-electron chi connectivity index (χ1n) is 6.15. The van der Waals surface area contributed by atoms with Crippen LogP contribution < -0.4 is 10.6 Å². The third-order valence-electron chi connectivity index (χ3n) is 3.04. The van der Waals surface area contributed by atoms with Crippen LogP contribution in [-0.2, 0) is 9.84 Å². The average molecular weight is 312 g/mol. The molecule has 8 heteroatoms. The predicted octanol–water partition coefficient (Wildman–Crippen LogP) is 1.37. The summed E-state index contributed by atoms with van der Waals surface area (Å²) in [5, 5.41) is 4.25. The van der Waals surface area contributed by atoms with Crippen molar-refractivity contribution in [3.8, 4) is 5.69 Å². The molecule has 1 aromatic heterocycles. The zero-order valence-electron chi connectivity index (χ0n) is 12.3. The number of benzene rings is 1. The number of hydrogen-bond acceptors (Lipinski definition) is 5. The topological polar surface area (TPSA) is 81.2 Å². The molecule has 2 rings (SSSR count). The number of hydrogen-bond donors (Lipinski definition) is 1. The van der Waals surface area contributed by atoms with Gasteiger partial charge in [0.2, 0.25) is 0 Å². The van der Waals surface area contributed by atoms with Crippen LogP contribution in [0.25, 0.3) is 5.69 Å². The Hall–Kier alpha value is -2.09. The fraction of sp³-hybridized carbons (Fsp3) is 0.308. The minimum absolute atomic E-state index is 0.0101. The lowest BCUT2D eigenvalue weighted by molar-refractivity contribution is 0.602. The molecule has 0 saturated carbocycles. The minimum atomic E-state index is -3.54. The number of nitrogens with two attached hydrogens (primary N) is 1. The van der Waals surface area contributed by atoms with Crippen molar-refractivity contribution in [2.45, 2.75) is 11.8 Å². The van der Waals surface area contributed by atoms with Crippen molar-refractivity contribution in [3.05, 3.63) is 29.6 Å². The largest absolute Gasteiger partial charge is 0.382 e. The summed E-state index contributed by atoms with van der Waals surface area (Å²) in [6.07, 6.45) is 1.08. The molecule has 0 saturated heterocycles. The van der Waals surface area contributed by atoms with E-state index in [0.29, 0.717) is 11.3 Å². The smallest absolute Gasteiger partial charge is 0.182 e. The molecule has 2 aromatic rings. The van der Waals surface area contributed by atoms with E-state index in [9.17, 15) is 12.8 Å². The first kappa shape index (κ1) is 15.3. The molecule has 6 nitrogen and oxygen atoms in total. The van der Waals surface area contributed by atoms with Crippen LogP contribution in [0.3, 0.4) is 0 Å². The summed E-state index contributed by atoms with van der Waals surface area (Å²) < 4.78 is 38.4. The van der Waals surface area contributed by atoms with Gasteiger partial charge in [-0.1, -0.05) is 0 Å². The van der Waals surface area contributed by atoms with Crippen LogP contribution in [0, 0.1) is 12.7 Å². The lowest BCUT2D eigenvalue weighted by Gasteiger charge is -2.09. The highest BCUT2D eigenvalue weighted by molar-refractivity contribution is 7.91. The molecule has 0 aliphatic rings. The van der Waals surface area contributed by atoms with E-state index in [2.05, 4.69) is 5.10 Å². The molecule has 0 aliphatic carbocycles. The highest BCUT2D eigenvalue weighted by atomic mass is 32.2. The van der Waals surface area contributed by atoms with Gasteiger partial charge in [-0.05, 0) is 30.7 Å². The lowest BCUT2D eigenvalue weighted by atomic mass is 10.2. The highest BCUT2D eigenvalue weighted by Gasteiger charge is 2.26. The minimum Gasteiger partial charge on any atom is -0.382 e. The van der Waals surface area contributed by atoms with Crippen LogP contribution in [0.5, 0.6) is 0 Å². The zero-order chi connectivity index (χ0) is 15.9. The summed E-state index contributed by atoms with van der Waals surface area (Å²) in [4.78, 5) is 1.54. The van der Waals surface area contributed by atoms with Gasteiger partial charge in [0.1, 0.15) is 11.6 Å². The molecule has 0 spiro atoms. The van der Waals surface area contributed by atoms with E-state index in [1.54, 1.807) is 25.9 Å². The zero-order valence-corrected chi connectivity index (χ0v) is 13.1. The molecule has 0 atom stereocenters. The second kappa shape index (κ2) is 5.03. The molecule has 2 N–H and O–H groups in total. The summed E-state index contributed by atoms with van der Waals surface area (Å²) >= 11 is 0. The number of aromatic nitrogens is 2.